The molecule has 2 heterocycles. The molecule has 0 spiro atoms. The molecule has 0 bridgehead atoms. The minimum Gasteiger partial charge on any atom is -0.440 e. The Bertz CT molecular complexity index is 405. The van der Waals surface area contributed by atoms with Crippen LogP contribution in [0.1, 0.15) is 5.69 Å². The fraction of sp³-hybridized carbons (Fsp3) is 0.111. The Balaban J connectivity index is 1.98. The predicted octanol–water partition coefficient (Wildman–Crippen LogP) is 3.02. The molecule has 0 N–H and O–H groups in total. The molecule has 0 saturated carbocycles. The standard InChI is InChI=1S/C9H7ClN2OS/c10-8-3-1-2-7(12-8)6-14-9-11-4-5-13-9/h1-5H,6H2. The Kier molecular flexibility index (Phi) is 3.06. The van der Waals surface area contributed by atoms with E-state index < -0.39 is 0 Å². The molecule has 0 aliphatic rings. The van der Waals surface area contributed by atoms with Crippen LogP contribution in [0, 0.1) is 0 Å². The summed E-state index contributed by atoms with van der Waals surface area (Å²) in [6, 6.07) is 5.55. The molecular formula is C9H7ClN2OS. The zero-order chi connectivity index (χ0) is 9.80. The topological polar surface area (TPSA) is 38.9 Å². The Labute approximate surface area is 90.5 Å². The maximum Gasteiger partial charge on any atom is 0.255 e. The number of rotatable bonds is 3. The van der Waals surface area contributed by atoms with Crippen molar-refractivity contribution in [2.45, 2.75) is 11.0 Å². The summed E-state index contributed by atoms with van der Waals surface area (Å²) in [5, 5.41) is 1.15. The first-order valence-corrected chi connectivity index (χ1v) is 5.35. The Hall–Kier alpha value is -1.00. The molecule has 0 aliphatic carbocycles. The average Bonchev–Trinajstić information content (AvgIpc) is 2.67. The first kappa shape index (κ1) is 9.55. The van der Waals surface area contributed by atoms with Crippen molar-refractivity contribution in [2.75, 3.05) is 0 Å². The SMILES string of the molecule is Clc1cccc(CSc2ncco2)n1. The molecule has 0 saturated heterocycles. The predicted molar refractivity (Wildman–Crippen MR) is 55.3 cm³/mol. The maximum atomic E-state index is 5.75. The van der Waals surface area contributed by atoms with Crippen LogP contribution in [-0.4, -0.2) is 9.97 Å². The lowest BCUT2D eigenvalue weighted by Gasteiger charge is -1.97. The average molecular weight is 227 g/mol. The van der Waals surface area contributed by atoms with Crippen LogP contribution < -0.4 is 0 Å². The van der Waals surface area contributed by atoms with Crippen LogP contribution in [-0.2, 0) is 5.75 Å². The summed E-state index contributed by atoms with van der Waals surface area (Å²) in [6.45, 7) is 0. The van der Waals surface area contributed by atoms with Crippen molar-refractivity contribution in [1.82, 2.24) is 9.97 Å². The van der Waals surface area contributed by atoms with Crippen molar-refractivity contribution >= 4 is 23.4 Å². The second-order valence-electron chi connectivity index (χ2n) is 2.54. The van der Waals surface area contributed by atoms with Crippen LogP contribution in [0.25, 0.3) is 0 Å². The smallest absolute Gasteiger partial charge is 0.255 e. The third-order valence-corrected chi connectivity index (χ3v) is 2.63. The van der Waals surface area contributed by atoms with Gasteiger partial charge in [0.25, 0.3) is 5.22 Å². The second-order valence-corrected chi connectivity index (χ2v) is 3.85. The Morgan fingerprint density at radius 1 is 1.43 bits per heavy atom. The summed E-state index contributed by atoms with van der Waals surface area (Å²) < 4.78 is 5.08. The molecule has 5 heteroatoms. The van der Waals surface area contributed by atoms with Crippen LogP contribution in [0.5, 0.6) is 0 Å². The number of thioether (sulfide) groups is 1. The van der Waals surface area contributed by atoms with Crippen molar-refractivity contribution in [3.63, 3.8) is 0 Å². The minimum absolute atomic E-state index is 0.510. The minimum atomic E-state index is 0.510. The first-order chi connectivity index (χ1) is 6.84. The molecule has 0 unspecified atom stereocenters. The number of aromatic nitrogens is 2. The zero-order valence-electron chi connectivity index (χ0n) is 7.18. The highest BCUT2D eigenvalue weighted by Crippen LogP contribution is 2.20. The van der Waals surface area contributed by atoms with Gasteiger partial charge in [-0.2, -0.15) is 0 Å². The summed E-state index contributed by atoms with van der Waals surface area (Å²) in [5.74, 6) is 0.709. The lowest BCUT2D eigenvalue weighted by Crippen LogP contribution is -1.86. The summed E-state index contributed by atoms with van der Waals surface area (Å²) in [6.07, 6.45) is 3.17. The van der Waals surface area contributed by atoms with Gasteiger partial charge >= 0.3 is 0 Å². The summed E-state index contributed by atoms with van der Waals surface area (Å²) in [5.41, 5.74) is 0.917. The van der Waals surface area contributed by atoms with Crippen molar-refractivity contribution in [3.05, 3.63) is 41.5 Å². The summed E-state index contributed by atoms with van der Waals surface area (Å²) in [4.78, 5) is 8.14. The second kappa shape index (κ2) is 4.48. The van der Waals surface area contributed by atoms with Gasteiger partial charge in [-0.1, -0.05) is 29.4 Å². The lowest BCUT2D eigenvalue weighted by atomic mass is 10.4. The molecule has 0 radical (unpaired) electrons. The molecule has 2 aromatic heterocycles. The van der Waals surface area contributed by atoms with Gasteiger partial charge in [0.05, 0.1) is 11.9 Å². The van der Waals surface area contributed by atoms with Gasteiger partial charge < -0.3 is 4.42 Å². The molecule has 3 nitrogen and oxygen atoms in total. The van der Waals surface area contributed by atoms with Crippen molar-refractivity contribution in [1.29, 1.82) is 0 Å². The molecule has 0 atom stereocenters. The van der Waals surface area contributed by atoms with Gasteiger partial charge in [0, 0.05) is 5.75 Å². The number of halogens is 1. The van der Waals surface area contributed by atoms with E-state index in [1.807, 2.05) is 12.1 Å². The van der Waals surface area contributed by atoms with Gasteiger partial charge in [-0.05, 0) is 12.1 Å². The number of hydrogen-bond acceptors (Lipinski definition) is 4. The fourth-order valence-electron chi connectivity index (χ4n) is 0.948. The van der Waals surface area contributed by atoms with Crippen molar-refractivity contribution in [2.24, 2.45) is 0 Å². The van der Waals surface area contributed by atoms with E-state index >= 15 is 0 Å². The van der Waals surface area contributed by atoms with E-state index in [1.54, 1.807) is 18.5 Å². The van der Waals surface area contributed by atoms with Crippen LogP contribution in [0.2, 0.25) is 5.15 Å². The molecule has 0 amide bonds. The molecule has 0 aliphatic heterocycles. The van der Waals surface area contributed by atoms with Gasteiger partial charge in [0.2, 0.25) is 0 Å². The highest BCUT2D eigenvalue weighted by atomic mass is 35.5. The van der Waals surface area contributed by atoms with Gasteiger partial charge in [-0.3, -0.25) is 0 Å². The van der Waals surface area contributed by atoms with Gasteiger partial charge in [-0.25, -0.2) is 9.97 Å². The Morgan fingerprint density at radius 3 is 3.07 bits per heavy atom. The van der Waals surface area contributed by atoms with E-state index in [-0.39, 0.29) is 0 Å². The van der Waals surface area contributed by atoms with Crippen LogP contribution in [0.4, 0.5) is 0 Å². The zero-order valence-corrected chi connectivity index (χ0v) is 8.76. The number of hydrogen-bond donors (Lipinski definition) is 0. The van der Waals surface area contributed by atoms with Crippen LogP contribution >= 0.6 is 23.4 Å². The number of pyridine rings is 1. The fourth-order valence-corrected chi connectivity index (χ4v) is 1.82. The molecule has 14 heavy (non-hydrogen) atoms. The molecule has 0 aromatic carbocycles. The van der Waals surface area contributed by atoms with E-state index in [9.17, 15) is 0 Å². The van der Waals surface area contributed by atoms with E-state index in [1.165, 1.54) is 11.8 Å². The number of oxazole rings is 1. The van der Waals surface area contributed by atoms with E-state index in [0.717, 1.165) is 5.69 Å². The monoisotopic (exact) mass is 226 g/mol. The number of nitrogens with zero attached hydrogens (tertiary/aromatic N) is 2. The first-order valence-electron chi connectivity index (χ1n) is 3.98. The van der Waals surface area contributed by atoms with Crippen LogP contribution in [0.15, 0.2) is 40.3 Å². The van der Waals surface area contributed by atoms with E-state index in [4.69, 9.17) is 16.0 Å². The van der Waals surface area contributed by atoms with E-state index in [0.29, 0.717) is 16.1 Å². The van der Waals surface area contributed by atoms with Crippen molar-refractivity contribution < 1.29 is 4.42 Å². The normalized spacial score (nSPS) is 10.4. The largest absolute Gasteiger partial charge is 0.440 e. The van der Waals surface area contributed by atoms with Gasteiger partial charge in [-0.15, -0.1) is 0 Å². The van der Waals surface area contributed by atoms with Crippen LogP contribution in [0.3, 0.4) is 0 Å². The summed E-state index contributed by atoms with van der Waals surface area (Å²) in [7, 11) is 0. The maximum absolute atomic E-state index is 5.75. The quantitative estimate of drug-likeness (QED) is 0.596. The molecule has 72 valence electrons. The van der Waals surface area contributed by atoms with E-state index in [2.05, 4.69) is 9.97 Å². The summed E-state index contributed by atoms with van der Waals surface area (Å²) >= 11 is 7.24. The highest BCUT2D eigenvalue weighted by molar-refractivity contribution is 7.98. The molecule has 2 rings (SSSR count). The molecule has 0 fully saturated rings. The molecule has 2 aromatic rings. The van der Waals surface area contributed by atoms with Crippen molar-refractivity contribution in [3.8, 4) is 0 Å². The lowest BCUT2D eigenvalue weighted by molar-refractivity contribution is 0.454. The van der Waals surface area contributed by atoms with Gasteiger partial charge in [0.15, 0.2) is 0 Å². The Morgan fingerprint density at radius 2 is 2.36 bits per heavy atom. The molecular weight excluding hydrogens is 220 g/mol. The third-order valence-electron chi connectivity index (χ3n) is 1.53. The highest BCUT2D eigenvalue weighted by Gasteiger charge is 2.01. The van der Waals surface area contributed by atoms with Gasteiger partial charge in [0.1, 0.15) is 11.4 Å². The third kappa shape index (κ3) is 2.49.